The monoisotopic (exact) mass is 255 g/mol. The molecular formula is C14H22ClNO. The molecule has 0 spiro atoms. The highest BCUT2D eigenvalue weighted by atomic mass is 35.5. The van der Waals surface area contributed by atoms with Crippen LogP contribution in [-0.4, -0.2) is 25.8 Å². The first-order chi connectivity index (χ1) is 7.96. The molecule has 0 amide bonds. The summed E-state index contributed by atoms with van der Waals surface area (Å²) in [4.78, 5) is 0. The minimum absolute atomic E-state index is 0.0971. The topological polar surface area (TPSA) is 21.3 Å². The van der Waals surface area contributed by atoms with E-state index in [4.69, 9.17) is 16.3 Å². The van der Waals surface area contributed by atoms with Gasteiger partial charge in [0.2, 0.25) is 0 Å². The Bertz CT molecular complexity index is 335. The van der Waals surface area contributed by atoms with Crippen molar-refractivity contribution in [3.63, 3.8) is 0 Å². The van der Waals surface area contributed by atoms with Gasteiger partial charge in [-0.15, -0.1) is 0 Å². The standard InChI is InChI=1S/C14H22ClNO/c1-14(2,17-4)10-13(16-3)9-11-5-7-12(15)8-6-11/h5-8,13,16H,9-10H2,1-4H3. The first kappa shape index (κ1) is 14.5. The van der Waals surface area contributed by atoms with E-state index in [2.05, 4.69) is 31.3 Å². The predicted octanol–water partition coefficient (Wildman–Crippen LogP) is 3.29. The third-order valence-electron chi connectivity index (χ3n) is 3.09. The molecule has 0 bridgehead atoms. The number of rotatable bonds is 6. The van der Waals surface area contributed by atoms with Crippen LogP contribution in [0.1, 0.15) is 25.8 Å². The molecule has 0 aliphatic carbocycles. The molecule has 17 heavy (non-hydrogen) atoms. The smallest absolute Gasteiger partial charge is 0.0637 e. The van der Waals surface area contributed by atoms with E-state index in [1.807, 2.05) is 19.2 Å². The highest BCUT2D eigenvalue weighted by Crippen LogP contribution is 2.19. The maximum Gasteiger partial charge on any atom is 0.0637 e. The summed E-state index contributed by atoms with van der Waals surface area (Å²) in [7, 11) is 3.75. The van der Waals surface area contributed by atoms with Crippen molar-refractivity contribution in [2.24, 2.45) is 0 Å². The van der Waals surface area contributed by atoms with Crippen molar-refractivity contribution in [2.45, 2.75) is 38.3 Å². The third kappa shape index (κ3) is 5.07. The maximum atomic E-state index is 5.88. The quantitative estimate of drug-likeness (QED) is 0.842. The SMILES string of the molecule is CNC(Cc1ccc(Cl)cc1)CC(C)(C)OC. The summed E-state index contributed by atoms with van der Waals surface area (Å²) in [5.74, 6) is 0. The number of ether oxygens (including phenoxy) is 1. The van der Waals surface area contributed by atoms with Crippen LogP contribution < -0.4 is 5.32 Å². The van der Waals surface area contributed by atoms with Crippen molar-refractivity contribution in [3.05, 3.63) is 34.9 Å². The Kier molecular flexibility index (Phi) is 5.44. The van der Waals surface area contributed by atoms with E-state index in [0.717, 1.165) is 17.9 Å². The average Bonchev–Trinajstić information content (AvgIpc) is 2.31. The maximum absolute atomic E-state index is 5.88. The zero-order valence-electron chi connectivity index (χ0n) is 11.1. The summed E-state index contributed by atoms with van der Waals surface area (Å²) in [6.07, 6.45) is 1.96. The van der Waals surface area contributed by atoms with E-state index in [0.29, 0.717) is 6.04 Å². The van der Waals surface area contributed by atoms with Crippen molar-refractivity contribution in [1.29, 1.82) is 0 Å². The van der Waals surface area contributed by atoms with Crippen LogP contribution in [0.15, 0.2) is 24.3 Å². The lowest BCUT2D eigenvalue weighted by Gasteiger charge is -2.28. The van der Waals surface area contributed by atoms with Gasteiger partial charge in [-0.1, -0.05) is 23.7 Å². The summed E-state index contributed by atoms with van der Waals surface area (Å²) in [6.45, 7) is 4.22. The Morgan fingerprint density at radius 3 is 2.35 bits per heavy atom. The van der Waals surface area contributed by atoms with Gasteiger partial charge in [-0.3, -0.25) is 0 Å². The molecule has 0 aromatic heterocycles. The van der Waals surface area contributed by atoms with E-state index in [1.54, 1.807) is 7.11 Å². The largest absolute Gasteiger partial charge is 0.379 e. The zero-order valence-corrected chi connectivity index (χ0v) is 11.8. The van der Waals surface area contributed by atoms with Crippen molar-refractivity contribution in [3.8, 4) is 0 Å². The van der Waals surface area contributed by atoms with Crippen LogP contribution in [0, 0.1) is 0 Å². The summed E-state index contributed by atoms with van der Waals surface area (Å²) in [6, 6.07) is 8.43. The number of nitrogens with one attached hydrogen (secondary N) is 1. The van der Waals surface area contributed by atoms with Gasteiger partial charge in [-0.2, -0.15) is 0 Å². The third-order valence-corrected chi connectivity index (χ3v) is 3.35. The molecule has 96 valence electrons. The van der Waals surface area contributed by atoms with Crippen molar-refractivity contribution < 1.29 is 4.74 Å². The number of hydrogen-bond donors (Lipinski definition) is 1. The van der Waals surface area contributed by atoms with Crippen LogP contribution in [0.2, 0.25) is 5.02 Å². The molecule has 2 nitrogen and oxygen atoms in total. The first-order valence-corrected chi connectivity index (χ1v) is 6.31. The Hall–Kier alpha value is -0.570. The number of benzene rings is 1. The van der Waals surface area contributed by atoms with Gasteiger partial charge in [0.05, 0.1) is 5.60 Å². The second-order valence-electron chi connectivity index (χ2n) is 4.98. The van der Waals surface area contributed by atoms with Crippen LogP contribution >= 0.6 is 11.6 Å². The number of likely N-dealkylation sites (N-methyl/N-ethyl adjacent to an activating group) is 1. The predicted molar refractivity (Wildman–Crippen MR) is 73.7 cm³/mol. The van der Waals surface area contributed by atoms with Crippen molar-refractivity contribution in [1.82, 2.24) is 5.32 Å². The molecule has 3 heteroatoms. The molecule has 0 aliphatic rings. The Morgan fingerprint density at radius 2 is 1.88 bits per heavy atom. The van der Waals surface area contributed by atoms with Gasteiger partial charge in [0.1, 0.15) is 0 Å². The Balaban J connectivity index is 2.61. The lowest BCUT2D eigenvalue weighted by molar-refractivity contribution is 0.00773. The average molecular weight is 256 g/mol. The van der Waals surface area contributed by atoms with Gasteiger partial charge >= 0.3 is 0 Å². The Morgan fingerprint density at radius 1 is 1.29 bits per heavy atom. The summed E-state index contributed by atoms with van der Waals surface area (Å²) in [5, 5.41) is 4.13. The zero-order chi connectivity index (χ0) is 12.9. The van der Waals surface area contributed by atoms with E-state index in [1.165, 1.54) is 5.56 Å². The molecule has 0 saturated carbocycles. The molecule has 1 unspecified atom stereocenters. The first-order valence-electron chi connectivity index (χ1n) is 5.94. The molecule has 0 heterocycles. The fraction of sp³-hybridized carbons (Fsp3) is 0.571. The van der Waals surface area contributed by atoms with Gasteiger partial charge in [-0.25, -0.2) is 0 Å². The molecule has 1 atom stereocenters. The van der Waals surface area contributed by atoms with Crippen LogP contribution in [0.4, 0.5) is 0 Å². The van der Waals surface area contributed by atoms with Crippen molar-refractivity contribution in [2.75, 3.05) is 14.2 Å². The minimum Gasteiger partial charge on any atom is -0.379 e. The lowest BCUT2D eigenvalue weighted by atomic mass is 9.94. The van der Waals surface area contributed by atoms with Crippen LogP contribution in [0.3, 0.4) is 0 Å². The summed E-state index contributed by atoms with van der Waals surface area (Å²) in [5.41, 5.74) is 1.20. The van der Waals surface area contributed by atoms with E-state index < -0.39 is 0 Å². The highest BCUT2D eigenvalue weighted by molar-refractivity contribution is 6.30. The second kappa shape index (κ2) is 6.39. The molecule has 1 N–H and O–H groups in total. The fourth-order valence-electron chi connectivity index (χ4n) is 1.86. The molecule has 1 aromatic carbocycles. The fourth-order valence-corrected chi connectivity index (χ4v) is 1.98. The van der Waals surface area contributed by atoms with E-state index in [9.17, 15) is 0 Å². The molecule has 0 fully saturated rings. The summed E-state index contributed by atoms with van der Waals surface area (Å²) < 4.78 is 5.47. The van der Waals surface area contributed by atoms with Gasteiger partial charge in [0.25, 0.3) is 0 Å². The number of methoxy groups -OCH3 is 1. The van der Waals surface area contributed by atoms with Crippen LogP contribution in [-0.2, 0) is 11.2 Å². The second-order valence-corrected chi connectivity index (χ2v) is 5.42. The van der Waals surface area contributed by atoms with E-state index in [-0.39, 0.29) is 5.60 Å². The molecule has 1 rings (SSSR count). The molecule has 0 saturated heterocycles. The molecule has 1 aromatic rings. The minimum atomic E-state index is -0.0971. The lowest BCUT2D eigenvalue weighted by Crippen LogP contribution is -2.37. The number of hydrogen-bond acceptors (Lipinski definition) is 2. The van der Waals surface area contributed by atoms with E-state index >= 15 is 0 Å². The van der Waals surface area contributed by atoms with Gasteiger partial charge in [0, 0.05) is 18.2 Å². The molecular weight excluding hydrogens is 234 g/mol. The van der Waals surface area contributed by atoms with Crippen molar-refractivity contribution >= 4 is 11.6 Å². The molecule has 0 aliphatic heterocycles. The highest BCUT2D eigenvalue weighted by Gasteiger charge is 2.21. The van der Waals surface area contributed by atoms with Crippen LogP contribution in [0.5, 0.6) is 0 Å². The normalized spacial score (nSPS) is 13.7. The number of halogens is 1. The van der Waals surface area contributed by atoms with Gasteiger partial charge in [-0.05, 0) is 51.4 Å². The molecule has 0 radical (unpaired) electrons. The summed E-state index contributed by atoms with van der Waals surface area (Å²) >= 11 is 5.88. The Labute approximate surface area is 109 Å². The van der Waals surface area contributed by atoms with Gasteiger partial charge in [0.15, 0.2) is 0 Å². The van der Waals surface area contributed by atoms with Gasteiger partial charge < -0.3 is 10.1 Å². The van der Waals surface area contributed by atoms with Crippen LogP contribution in [0.25, 0.3) is 0 Å².